The van der Waals surface area contributed by atoms with Crippen molar-refractivity contribution in [3.63, 3.8) is 0 Å². The lowest BCUT2D eigenvalue weighted by atomic mass is 10.1. The van der Waals surface area contributed by atoms with Gasteiger partial charge in [0.1, 0.15) is 0 Å². The Morgan fingerprint density at radius 2 is 1.95 bits per heavy atom. The van der Waals surface area contributed by atoms with Crippen LogP contribution in [0.4, 0.5) is 11.4 Å². The fourth-order valence-corrected chi connectivity index (χ4v) is 3.52. The molecule has 22 heavy (non-hydrogen) atoms. The summed E-state index contributed by atoms with van der Waals surface area (Å²) in [6.07, 6.45) is 3.02. The third-order valence-corrected chi connectivity index (χ3v) is 4.84. The maximum atomic E-state index is 12.4. The number of thioether (sulfide) groups is 1. The number of benzene rings is 2. The molecule has 2 aromatic rings. The van der Waals surface area contributed by atoms with E-state index in [4.69, 9.17) is 0 Å². The molecule has 0 unspecified atom stereocenters. The Kier molecular flexibility index (Phi) is 4.39. The second kappa shape index (κ2) is 6.44. The van der Waals surface area contributed by atoms with Crippen molar-refractivity contribution in [1.82, 2.24) is 0 Å². The molecule has 1 aliphatic heterocycles. The van der Waals surface area contributed by atoms with E-state index in [-0.39, 0.29) is 5.91 Å². The first-order valence-electron chi connectivity index (χ1n) is 7.46. The Hall–Kier alpha value is -1.94. The van der Waals surface area contributed by atoms with Crippen molar-refractivity contribution in [3.05, 3.63) is 54.1 Å². The smallest absolute Gasteiger partial charge is 0.243 e. The monoisotopic (exact) mass is 312 g/mol. The summed E-state index contributed by atoms with van der Waals surface area (Å²) in [7, 11) is 0. The van der Waals surface area contributed by atoms with Crippen molar-refractivity contribution >= 4 is 29.0 Å². The molecule has 0 radical (unpaired) electrons. The first-order chi connectivity index (χ1) is 10.7. The molecule has 1 amide bonds. The van der Waals surface area contributed by atoms with E-state index in [1.54, 1.807) is 11.8 Å². The van der Waals surface area contributed by atoms with Crippen molar-refractivity contribution < 1.29 is 4.79 Å². The molecular weight excluding hydrogens is 292 g/mol. The van der Waals surface area contributed by atoms with Crippen LogP contribution >= 0.6 is 11.8 Å². The third-order valence-electron chi connectivity index (χ3n) is 4.04. The predicted molar refractivity (Wildman–Crippen MR) is 93.8 cm³/mol. The van der Waals surface area contributed by atoms with Gasteiger partial charge in [-0.05, 0) is 43.4 Å². The molecule has 3 rings (SSSR count). The SMILES string of the molecule is CSc1ccccc1NC(=O)CN1c2ccccc2C[C@@H]1C. The van der Waals surface area contributed by atoms with Crippen LogP contribution < -0.4 is 10.2 Å². The highest BCUT2D eigenvalue weighted by Gasteiger charge is 2.27. The molecule has 1 heterocycles. The Morgan fingerprint density at radius 3 is 2.77 bits per heavy atom. The van der Waals surface area contributed by atoms with Crippen molar-refractivity contribution in [2.45, 2.75) is 24.3 Å². The van der Waals surface area contributed by atoms with E-state index in [1.807, 2.05) is 36.6 Å². The third kappa shape index (κ3) is 2.97. The van der Waals surface area contributed by atoms with E-state index >= 15 is 0 Å². The minimum Gasteiger partial charge on any atom is -0.359 e. The number of amides is 1. The highest BCUT2D eigenvalue weighted by atomic mass is 32.2. The molecule has 1 atom stereocenters. The molecule has 1 aliphatic rings. The highest BCUT2D eigenvalue weighted by molar-refractivity contribution is 7.98. The number of nitrogens with zero attached hydrogens (tertiary/aromatic N) is 1. The van der Waals surface area contributed by atoms with Gasteiger partial charge in [0.25, 0.3) is 0 Å². The standard InChI is InChI=1S/C18H20N2OS/c1-13-11-14-7-3-5-9-16(14)20(13)12-18(21)19-15-8-4-6-10-17(15)22-2/h3-10,13H,11-12H2,1-2H3,(H,19,21)/t13-/m0/s1. The summed E-state index contributed by atoms with van der Waals surface area (Å²) in [6.45, 7) is 2.56. The lowest BCUT2D eigenvalue weighted by Crippen LogP contribution is -2.37. The number of carbonyl (C=O) groups is 1. The van der Waals surface area contributed by atoms with Crippen LogP contribution in [0, 0.1) is 0 Å². The van der Waals surface area contributed by atoms with Gasteiger partial charge in [0.15, 0.2) is 0 Å². The van der Waals surface area contributed by atoms with Gasteiger partial charge in [-0.25, -0.2) is 0 Å². The first kappa shape index (κ1) is 15.0. The molecule has 0 bridgehead atoms. The number of carbonyl (C=O) groups excluding carboxylic acids is 1. The molecule has 4 heteroatoms. The Bertz CT molecular complexity index is 686. The van der Waals surface area contributed by atoms with Gasteiger partial charge in [-0.3, -0.25) is 4.79 Å². The predicted octanol–water partition coefficient (Wildman–Crippen LogP) is 3.80. The van der Waals surface area contributed by atoms with Crippen molar-refractivity contribution in [2.75, 3.05) is 23.0 Å². The summed E-state index contributed by atoms with van der Waals surface area (Å²) >= 11 is 1.64. The lowest BCUT2D eigenvalue weighted by Gasteiger charge is -2.24. The molecule has 114 valence electrons. The summed E-state index contributed by atoms with van der Waals surface area (Å²) in [5.41, 5.74) is 3.40. The number of rotatable bonds is 4. The number of anilines is 2. The Labute approximate surface area is 135 Å². The molecule has 3 nitrogen and oxygen atoms in total. The molecular formula is C18H20N2OS. The average molecular weight is 312 g/mol. The Balaban J connectivity index is 1.72. The summed E-state index contributed by atoms with van der Waals surface area (Å²) < 4.78 is 0. The summed E-state index contributed by atoms with van der Waals surface area (Å²) in [5.74, 6) is 0.0325. The van der Waals surface area contributed by atoms with Gasteiger partial charge in [-0.15, -0.1) is 11.8 Å². The zero-order valence-electron chi connectivity index (χ0n) is 12.9. The molecule has 0 aliphatic carbocycles. The van der Waals surface area contributed by atoms with Gasteiger partial charge < -0.3 is 10.2 Å². The van der Waals surface area contributed by atoms with E-state index < -0.39 is 0 Å². The first-order valence-corrected chi connectivity index (χ1v) is 8.69. The van der Waals surface area contributed by atoms with Crippen molar-refractivity contribution in [2.24, 2.45) is 0 Å². The maximum absolute atomic E-state index is 12.4. The number of para-hydroxylation sites is 2. The largest absolute Gasteiger partial charge is 0.359 e. The molecule has 2 aromatic carbocycles. The zero-order chi connectivity index (χ0) is 15.5. The number of hydrogen-bond acceptors (Lipinski definition) is 3. The van der Waals surface area contributed by atoms with E-state index in [2.05, 4.69) is 35.3 Å². The normalized spacial score (nSPS) is 16.5. The topological polar surface area (TPSA) is 32.3 Å². The van der Waals surface area contributed by atoms with Gasteiger partial charge in [0, 0.05) is 16.6 Å². The second-order valence-electron chi connectivity index (χ2n) is 5.56. The molecule has 0 saturated heterocycles. The van der Waals surface area contributed by atoms with Crippen LogP contribution in [0.15, 0.2) is 53.4 Å². The van der Waals surface area contributed by atoms with Crippen LogP contribution in [0.2, 0.25) is 0 Å². The van der Waals surface area contributed by atoms with Crippen LogP contribution in [0.25, 0.3) is 0 Å². The van der Waals surface area contributed by atoms with Crippen LogP contribution in [0.5, 0.6) is 0 Å². The van der Waals surface area contributed by atoms with Crippen LogP contribution in [0.1, 0.15) is 12.5 Å². The highest BCUT2D eigenvalue weighted by Crippen LogP contribution is 2.31. The lowest BCUT2D eigenvalue weighted by molar-refractivity contribution is -0.115. The minimum atomic E-state index is 0.0325. The van der Waals surface area contributed by atoms with Gasteiger partial charge in [-0.1, -0.05) is 30.3 Å². The molecule has 1 N–H and O–H groups in total. The van der Waals surface area contributed by atoms with Crippen LogP contribution in [-0.4, -0.2) is 24.7 Å². The average Bonchev–Trinajstić information content (AvgIpc) is 2.84. The molecule has 0 aromatic heterocycles. The quantitative estimate of drug-likeness (QED) is 0.872. The number of nitrogens with one attached hydrogen (secondary N) is 1. The van der Waals surface area contributed by atoms with Gasteiger partial charge in [-0.2, -0.15) is 0 Å². The molecule has 0 fully saturated rings. The van der Waals surface area contributed by atoms with Crippen LogP contribution in [-0.2, 0) is 11.2 Å². The van der Waals surface area contributed by atoms with Gasteiger partial charge in [0.05, 0.1) is 12.2 Å². The molecule has 0 spiro atoms. The van der Waals surface area contributed by atoms with Crippen LogP contribution in [0.3, 0.4) is 0 Å². The fourth-order valence-electron chi connectivity index (χ4n) is 2.96. The van der Waals surface area contributed by atoms with Crippen molar-refractivity contribution in [3.8, 4) is 0 Å². The maximum Gasteiger partial charge on any atom is 0.243 e. The van der Waals surface area contributed by atoms with Crippen molar-refractivity contribution in [1.29, 1.82) is 0 Å². The Morgan fingerprint density at radius 1 is 1.23 bits per heavy atom. The number of fused-ring (bicyclic) bond motifs is 1. The summed E-state index contributed by atoms with van der Waals surface area (Å²) in [5, 5.41) is 3.04. The molecule has 0 saturated carbocycles. The van der Waals surface area contributed by atoms with Gasteiger partial charge in [0.2, 0.25) is 5.91 Å². The van der Waals surface area contributed by atoms with E-state index in [9.17, 15) is 4.79 Å². The fraction of sp³-hybridized carbons (Fsp3) is 0.278. The van der Waals surface area contributed by atoms with Gasteiger partial charge >= 0.3 is 0 Å². The minimum absolute atomic E-state index is 0.0325. The van der Waals surface area contributed by atoms with E-state index in [0.29, 0.717) is 12.6 Å². The van der Waals surface area contributed by atoms with E-state index in [0.717, 1.165) is 17.0 Å². The second-order valence-corrected chi connectivity index (χ2v) is 6.41. The summed E-state index contributed by atoms with van der Waals surface area (Å²) in [6, 6.07) is 16.6. The number of hydrogen-bond donors (Lipinski definition) is 1. The summed E-state index contributed by atoms with van der Waals surface area (Å²) in [4.78, 5) is 15.7. The van der Waals surface area contributed by atoms with E-state index in [1.165, 1.54) is 11.3 Å². The zero-order valence-corrected chi connectivity index (χ0v) is 13.7.